The number of imidazole rings is 1. The number of hydrogen-bond acceptors (Lipinski definition) is 8. The lowest BCUT2D eigenvalue weighted by molar-refractivity contribution is -0.0705. The van der Waals surface area contributed by atoms with Gasteiger partial charge in [-0.15, -0.1) is 11.3 Å². The number of halogens is 3. The van der Waals surface area contributed by atoms with Crippen molar-refractivity contribution in [1.29, 1.82) is 0 Å². The number of nitrogens with zero attached hydrogens (tertiary/aromatic N) is 4. The molecule has 1 atom stereocenters. The third-order valence-corrected chi connectivity index (χ3v) is 8.45. The fourth-order valence-corrected chi connectivity index (χ4v) is 6.30. The van der Waals surface area contributed by atoms with Crippen LogP contribution in [0, 0.1) is 11.6 Å². The number of aryl methyl sites for hydroxylation is 1. The first-order valence-corrected chi connectivity index (χ1v) is 13.5. The first kappa shape index (κ1) is 25.8. The van der Waals surface area contributed by atoms with Crippen molar-refractivity contribution in [2.75, 3.05) is 38.2 Å². The van der Waals surface area contributed by atoms with Gasteiger partial charge in [0.2, 0.25) is 0 Å². The highest BCUT2D eigenvalue weighted by Crippen LogP contribution is 2.50. The van der Waals surface area contributed by atoms with Crippen molar-refractivity contribution in [2.24, 2.45) is 7.05 Å². The Kier molecular flexibility index (Phi) is 6.40. The summed E-state index contributed by atoms with van der Waals surface area (Å²) in [6, 6.07) is 10.1. The van der Waals surface area contributed by atoms with Gasteiger partial charge in [-0.1, -0.05) is 17.7 Å². The van der Waals surface area contributed by atoms with Crippen molar-refractivity contribution in [3.8, 4) is 11.5 Å². The van der Waals surface area contributed by atoms with Gasteiger partial charge in [0.1, 0.15) is 22.0 Å². The number of piperazine rings is 1. The second-order valence-electron chi connectivity index (χ2n) is 9.62. The highest BCUT2D eigenvalue weighted by atomic mass is 35.5. The van der Waals surface area contributed by atoms with Crippen molar-refractivity contribution >= 4 is 44.9 Å². The Morgan fingerprint density at radius 3 is 2.64 bits per heavy atom. The van der Waals surface area contributed by atoms with Crippen LogP contribution in [-0.2, 0) is 24.1 Å². The molecule has 12 heteroatoms. The molecule has 0 bridgehead atoms. The SMILES string of the molecule is COC(=O)c1sc2nc(CN3CCN(c4cccc5c4O[C@@](C)(c4ccc(Cl)cc4F)O5)CC3)n(C)c2c1F. The lowest BCUT2D eigenvalue weighted by Gasteiger charge is -2.36. The molecular weight excluding hydrogens is 550 g/mol. The van der Waals surface area contributed by atoms with Crippen LogP contribution in [0.25, 0.3) is 10.3 Å². The number of carbonyl (C=O) groups excluding carboxylic acids is 1. The summed E-state index contributed by atoms with van der Waals surface area (Å²) in [7, 11) is 2.98. The molecule has 2 aliphatic rings. The molecule has 0 saturated carbocycles. The summed E-state index contributed by atoms with van der Waals surface area (Å²) in [5, 5.41) is 0.301. The van der Waals surface area contributed by atoms with Crippen LogP contribution in [-0.4, -0.2) is 53.7 Å². The quantitative estimate of drug-likeness (QED) is 0.299. The van der Waals surface area contributed by atoms with E-state index in [0.29, 0.717) is 46.5 Å². The summed E-state index contributed by atoms with van der Waals surface area (Å²) < 4.78 is 48.3. The molecule has 0 aliphatic carbocycles. The van der Waals surface area contributed by atoms with Gasteiger partial charge in [-0.2, -0.15) is 0 Å². The molecule has 39 heavy (non-hydrogen) atoms. The Labute approximate surface area is 232 Å². The maximum atomic E-state index is 14.8. The van der Waals surface area contributed by atoms with Crippen molar-refractivity contribution in [2.45, 2.75) is 19.3 Å². The predicted octanol–water partition coefficient (Wildman–Crippen LogP) is 5.32. The van der Waals surface area contributed by atoms with Gasteiger partial charge in [0.25, 0.3) is 5.79 Å². The Balaban J connectivity index is 1.16. The van der Waals surface area contributed by atoms with Gasteiger partial charge < -0.3 is 23.7 Å². The number of anilines is 1. The third-order valence-electron chi connectivity index (χ3n) is 7.19. The van der Waals surface area contributed by atoms with Crippen LogP contribution in [0.5, 0.6) is 11.5 Å². The van der Waals surface area contributed by atoms with Gasteiger partial charge in [0.15, 0.2) is 22.2 Å². The fourth-order valence-electron chi connectivity index (χ4n) is 5.12. The number of methoxy groups -OCH3 is 1. The highest BCUT2D eigenvalue weighted by molar-refractivity contribution is 7.20. The van der Waals surface area contributed by atoms with Crippen LogP contribution in [0.4, 0.5) is 14.5 Å². The van der Waals surface area contributed by atoms with E-state index in [1.165, 1.54) is 13.2 Å². The lowest BCUT2D eigenvalue weighted by atomic mass is 10.1. The molecule has 4 aromatic rings. The predicted molar refractivity (Wildman–Crippen MR) is 144 cm³/mol. The monoisotopic (exact) mass is 574 g/mol. The van der Waals surface area contributed by atoms with Crippen molar-refractivity contribution < 1.29 is 27.8 Å². The number of rotatable bonds is 5. The fraction of sp³-hybridized carbons (Fsp3) is 0.333. The smallest absolute Gasteiger partial charge is 0.351 e. The van der Waals surface area contributed by atoms with Gasteiger partial charge in [-0.3, -0.25) is 4.90 Å². The number of benzene rings is 2. The van der Waals surface area contributed by atoms with E-state index in [-0.39, 0.29) is 10.4 Å². The summed E-state index contributed by atoms with van der Waals surface area (Å²) in [5.74, 6) is -1.27. The number of ether oxygens (including phenoxy) is 3. The van der Waals surface area contributed by atoms with Crippen LogP contribution >= 0.6 is 22.9 Å². The van der Waals surface area contributed by atoms with Crippen LogP contribution in [0.3, 0.4) is 0 Å². The first-order chi connectivity index (χ1) is 18.7. The summed E-state index contributed by atoms with van der Waals surface area (Å²) in [4.78, 5) is 21.3. The number of esters is 1. The molecule has 4 heterocycles. The van der Waals surface area contributed by atoms with Crippen molar-refractivity contribution in [3.63, 3.8) is 0 Å². The number of fused-ring (bicyclic) bond motifs is 2. The molecule has 1 fully saturated rings. The Morgan fingerprint density at radius 1 is 1.18 bits per heavy atom. The van der Waals surface area contributed by atoms with Gasteiger partial charge in [-0.05, 0) is 30.3 Å². The molecule has 0 amide bonds. The minimum Gasteiger partial charge on any atom is -0.465 e. The zero-order valence-corrected chi connectivity index (χ0v) is 23.0. The zero-order valence-electron chi connectivity index (χ0n) is 21.5. The lowest BCUT2D eigenvalue weighted by Crippen LogP contribution is -2.46. The maximum Gasteiger partial charge on any atom is 0.351 e. The Hall–Kier alpha value is -3.41. The summed E-state index contributed by atoms with van der Waals surface area (Å²) in [5.41, 5.74) is 1.45. The average molecular weight is 575 g/mol. The van der Waals surface area contributed by atoms with E-state index in [9.17, 15) is 13.6 Å². The zero-order chi connectivity index (χ0) is 27.5. The van der Waals surface area contributed by atoms with E-state index in [1.807, 2.05) is 18.2 Å². The van der Waals surface area contributed by atoms with Crippen molar-refractivity contribution in [3.05, 3.63) is 69.3 Å². The summed E-state index contributed by atoms with van der Waals surface area (Å²) in [6.07, 6.45) is 0. The minimum atomic E-state index is -1.32. The first-order valence-electron chi connectivity index (χ1n) is 12.3. The molecule has 6 rings (SSSR count). The molecule has 2 aliphatic heterocycles. The topological polar surface area (TPSA) is 69.1 Å². The number of carbonyl (C=O) groups is 1. The number of para-hydroxylation sites is 1. The van der Waals surface area contributed by atoms with E-state index in [4.69, 9.17) is 21.1 Å². The molecule has 0 unspecified atom stereocenters. The largest absolute Gasteiger partial charge is 0.465 e. The van der Waals surface area contributed by atoms with Crippen LogP contribution in [0.2, 0.25) is 5.02 Å². The van der Waals surface area contributed by atoms with Gasteiger partial charge in [0.05, 0.1) is 24.9 Å². The summed E-state index contributed by atoms with van der Waals surface area (Å²) in [6.45, 7) is 5.14. The van der Waals surface area contributed by atoms with Crippen LogP contribution < -0.4 is 14.4 Å². The van der Waals surface area contributed by atoms with E-state index in [2.05, 4.69) is 19.5 Å². The molecule has 0 spiro atoms. The minimum absolute atomic E-state index is 0.0674. The molecule has 2 aromatic carbocycles. The van der Waals surface area contributed by atoms with E-state index >= 15 is 0 Å². The standard InChI is InChI=1S/C27H25ClF2N4O4S/c1-27(16-8-7-15(28)13-17(16)29)37-19-6-4-5-18(23(19)38-27)34-11-9-33(10-12-34)14-20-31-25-22(32(20)2)21(30)24(39-25)26(35)36-3/h4-8,13H,9-12,14H2,1-3H3/t27-/m0/s1. The van der Waals surface area contributed by atoms with E-state index < -0.39 is 23.4 Å². The second-order valence-corrected chi connectivity index (χ2v) is 11.1. The van der Waals surface area contributed by atoms with Crippen LogP contribution in [0.15, 0.2) is 36.4 Å². The second kappa shape index (κ2) is 9.65. The number of aromatic nitrogens is 2. The third kappa shape index (κ3) is 4.38. The number of thiophene rings is 1. The summed E-state index contributed by atoms with van der Waals surface area (Å²) >= 11 is 6.93. The molecule has 8 nitrogen and oxygen atoms in total. The van der Waals surface area contributed by atoms with Gasteiger partial charge in [-0.25, -0.2) is 18.6 Å². The highest BCUT2D eigenvalue weighted by Gasteiger charge is 2.42. The molecule has 2 aromatic heterocycles. The van der Waals surface area contributed by atoms with Crippen molar-refractivity contribution in [1.82, 2.24) is 14.5 Å². The molecule has 204 valence electrons. The molecule has 0 radical (unpaired) electrons. The van der Waals surface area contributed by atoms with Gasteiger partial charge in [0, 0.05) is 45.2 Å². The van der Waals surface area contributed by atoms with Crippen LogP contribution in [0.1, 0.15) is 28.0 Å². The molecule has 0 N–H and O–H groups in total. The Morgan fingerprint density at radius 2 is 1.95 bits per heavy atom. The van der Waals surface area contributed by atoms with Gasteiger partial charge >= 0.3 is 5.97 Å². The average Bonchev–Trinajstić information content (AvgIpc) is 3.54. The van der Waals surface area contributed by atoms with E-state index in [1.54, 1.807) is 30.7 Å². The maximum absolute atomic E-state index is 14.8. The number of hydrogen-bond donors (Lipinski definition) is 0. The molecular formula is C27H25ClF2N4O4S. The normalized spacial score (nSPS) is 19.2. The van der Waals surface area contributed by atoms with E-state index in [0.717, 1.165) is 35.9 Å². The Bertz CT molecular complexity index is 1600. The molecule has 1 saturated heterocycles.